The van der Waals surface area contributed by atoms with E-state index >= 15 is 0 Å². The third-order valence-electron chi connectivity index (χ3n) is 2.35. The van der Waals surface area contributed by atoms with Crippen LogP contribution in [0.25, 0.3) is 0 Å². The summed E-state index contributed by atoms with van der Waals surface area (Å²) in [6.45, 7) is 0. The Bertz CT molecular complexity index is 564. The molecule has 2 nitrogen and oxygen atoms in total. The third-order valence-corrected chi connectivity index (χ3v) is 2.35. The van der Waals surface area contributed by atoms with Crippen molar-refractivity contribution in [1.82, 2.24) is 0 Å². The first kappa shape index (κ1) is 11.3. The first-order valence-electron chi connectivity index (χ1n) is 4.93. The van der Waals surface area contributed by atoms with Crippen LogP contribution in [0.2, 0.25) is 0 Å². The summed E-state index contributed by atoms with van der Waals surface area (Å²) in [6, 6.07) is 8.79. The van der Waals surface area contributed by atoms with Crippen LogP contribution >= 0.6 is 0 Å². The van der Waals surface area contributed by atoms with Gasteiger partial charge in [0.15, 0.2) is 5.78 Å². The highest BCUT2D eigenvalue weighted by Crippen LogP contribution is 2.16. The van der Waals surface area contributed by atoms with Crippen molar-refractivity contribution in [2.24, 2.45) is 0 Å². The molecule has 0 unspecified atom stereocenters. The van der Waals surface area contributed by atoms with Gasteiger partial charge in [-0.25, -0.2) is 8.78 Å². The minimum absolute atomic E-state index is 0.267. The second-order valence-corrected chi connectivity index (χ2v) is 3.58. The number of benzene rings is 2. The van der Waals surface area contributed by atoms with Crippen molar-refractivity contribution in [2.75, 3.05) is 5.73 Å². The summed E-state index contributed by atoms with van der Waals surface area (Å²) >= 11 is 0. The summed E-state index contributed by atoms with van der Waals surface area (Å²) in [5.41, 5.74) is 5.96. The zero-order valence-electron chi connectivity index (χ0n) is 8.78. The third kappa shape index (κ3) is 2.30. The van der Waals surface area contributed by atoms with Crippen LogP contribution in [0.5, 0.6) is 0 Å². The van der Waals surface area contributed by atoms with E-state index in [9.17, 15) is 13.6 Å². The average Bonchev–Trinajstić information content (AvgIpc) is 2.32. The Morgan fingerprint density at radius 3 is 2.29 bits per heavy atom. The van der Waals surface area contributed by atoms with Crippen molar-refractivity contribution in [3.63, 3.8) is 0 Å². The number of nitrogen functional groups attached to an aromatic ring is 1. The zero-order valence-corrected chi connectivity index (χ0v) is 8.78. The maximum atomic E-state index is 13.4. The van der Waals surface area contributed by atoms with Crippen molar-refractivity contribution in [2.45, 2.75) is 0 Å². The lowest BCUT2D eigenvalue weighted by atomic mass is 10.0. The van der Waals surface area contributed by atoms with Gasteiger partial charge in [0.25, 0.3) is 0 Å². The second kappa shape index (κ2) is 4.33. The molecule has 0 aliphatic carbocycles. The molecule has 2 rings (SSSR count). The minimum atomic E-state index is -0.742. The van der Waals surface area contributed by atoms with Crippen molar-refractivity contribution in [1.29, 1.82) is 0 Å². The molecule has 0 saturated heterocycles. The van der Waals surface area contributed by atoms with Crippen LogP contribution in [0, 0.1) is 11.6 Å². The lowest BCUT2D eigenvalue weighted by Crippen LogP contribution is -2.05. The lowest BCUT2D eigenvalue weighted by Gasteiger charge is -2.03. The number of rotatable bonds is 2. The Labute approximate surface area is 96.7 Å². The molecule has 0 aliphatic heterocycles. The first-order valence-corrected chi connectivity index (χ1v) is 4.93. The normalized spacial score (nSPS) is 10.2. The van der Waals surface area contributed by atoms with Crippen LogP contribution in [0.1, 0.15) is 15.9 Å². The van der Waals surface area contributed by atoms with Crippen LogP contribution in [-0.2, 0) is 0 Å². The Morgan fingerprint density at radius 2 is 1.65 bits per heavy atom. The van der Waals surface area contributed by atoms with E-state index in [1.165, 1.54) is 24.3 Å². The van der Waals surface area contributed by atoms with Gasteiger partial charge in [0, 0.05) is 11.3 Å². The van der Waals surface area contributed by atoms with Gasteiger partial charge in [0.2, 0.25) is 0 Å². The molecule has 0 fully saturated rings. The summed E-state index contributed by atoms with van der Waals surface area (Å²) in [5, 5.41) is 0. The lowest BCUT2D eigenvalue weighted by molar-refractivity contribution is 0.103. The Balaban J connectivity index is 2.43. The van der Waals surface area contributed by atoms with Crippen molar-refractivity contribution in [3.05, 3.63) is 65.2 Å². The van der Waals surface area contributed by atoms with Crippen LogP contribution in [0.3, 0.4) is 0 Å². The van der Waals surface area contributed by atoms with Gasteiger partial charge in [-0.05, 0) is 42.5 Å². The highest BCUT2D eigenvalue weighted by molar-refractivity contribution is 6.09. The van der Waals surface area contributed by atoms with E-state index in [0.717, 1.165) is 18.2 Å². The number of anilines is 1. The molecule has 86 valence electrons. The maximum Gasteiger partial charge on any atom is 0.196 e. The molecule has 4 heteroatoms. The largest absolute Gasteiger partial charge is 0.399 e. The molecule has 0 amide bonds. The number of halogens is 2. The minimum Gasteiger partial charge on any atom is -0.399 e. The van der Waals surface area contributed by atoms with E-state index in [0.29, 0.717) is 5.69 Å². The Morgan fingerprint density at radius 1 is 1.00 bits per heavy atom. The molecule has 2 aromatic rings. The molecule has 0 aromatic heterocycles. The highest BCUT2D eigenvalue weighted by Gasteiger charge is 2.14. The van der Waals surface area contributed by atoms with Crippen LogP contribution < -0.4 is 5.73 Å². The van der Waals surface area contributed by atoms with Crippen molar-refractivity contribution < 1.29 is 13.6 Å². The fourth-order valence-corrected chi connectivity index (χ4v) is 1.46. The molecule has 0 atom stereocenters. The number of hydrogen-bond acceptors (Lipinski definition) is 2. The topological polar surface area (TPSA) is 43.1 Å². The number of carbonyl (C=O) groups excluding carboxylic acids is 1. The molecular weight excluding hydrogens is 224 g/mol. The molecule has 0 bridgehead atoms. The number of hydrogen-bond donors (Lipinski definition) is 1. The predicted octanol–water partition coefficient (Wildman–Crippen LogP) is 2.78. The molecular formula is C13H9F2NO. The quantitative estimate of drug-likeness (QED) is 0.640. The van der Waals surface area contributed by atoms with Gasteiger partial charge < -0.3 is 5.73 Å². The van der Waals surface area contributed by atoms with E-state index in [-0.39, 0.29) is 11.1 Å². The van der Waals surface area contributed by atoms with Gasteiger partial charge in [0.1, 0.15) is 11.6 Å². The number of ketones is 1. The van der Waals surface area contributed by atoms with E-state index in [1.54, 1.807) is 0 Å². The summed E-state index contributed by atoms with van der Waals surface area (Å²) in [5.74, 6) is -1.96. The molecule has 0 spiro atoms. The second-order valence-electron chi connectivity index (χ2n) is 3.58. The summed E-state index contributed by atoms with van der Waals surface area (Å²) in [6.07, 6.45) is 0. The van der Waals surface area contributed by atoms with Gasteiger partial charge in [0.05, 0.1) is 5.56 Å². The fourth-order valence-electron chi connectivity index (χ4n) is 1.46. The summed E-state index contributed by atoms with van der Waals surface area (Å²) in [7, 11) is 0. The van der Waals surface area contributed by atoms with Gasteiger partial charge in [-0.3, -0.25) is 4.79 Å². The first-order chi connectivity index (χ1) is 8.08. The standard InChI is InChI=1S/C13H9F2NO/c14-9-3-6-12(15)11(7-9)13(17)8-1-4-10(16)5-2-8/h1-7H,16H2. The van der Waals surface area contributed by atoms with E-state index in [2.05, 4.69) is 0 Å². The molecule has 0 aliphatic rings. The van der Waals surface area contributed by atoms with Gasteiger partial charge in [-0.15, -0.1) is 0 Å². The molecule has 17 heavy (non-hydrogen) atoms. The summed E-state index contributed by atoms with van der Waals surface area (Å²) in [4.78, 5) is 11.9. The van der Waals surface area contributed by atoms with Gasteiger partial charge >= 0.3 is 0 Å². The maximum absolute atomic E-state index is 13.4. The Hall–Kier alpha value is -2.23. The molecule has 0 heterocycles. The fraction of sp³-hybridized carbons (Fsp3) is 0. The van der Waals surface area contributed by atoms with Gasteiger partial charge in [-0.2, -0.15) is 0 Å². The number of nitrogens with two attached hydrogens (primary N) is 1. The highest BCUT2D eigenvalue weighted by atomic mass is 19.1. The molecule has 0 saturated carbocycles. The van der Waals surface area contributed by atoms with Crippen LogP contribution in [0.4, 0.5) is 14.5 Å². The van der Waals surface area contributed by atoms with Crippen molar-refractivity contribution in [3.8, 4) is 0 Å². The predicted molar refractivity (Wildman–Crippen MR) is 60.6 cm³/mol. The monoisotopic (exact) mass is 233 g/mol. The number of carbonyl (C=O) groups is 1. The van der Waals surface area contributed by atoms with Crippen LogP contribution in [-0.4, -0.2) is 5.78 Å². The van der Waals surface area contributed by atoms with Gasteiger partial charge in [-0.1, -0.05) is 0 Å². The SMILES string of the molecule is Nc1ccc(C(=O)c2cc(F)ccc2F)cc1. The molecule has 0 radical (unpaired) electrons. The molecule has 2 aromatic carbocycles. The van der Waals surface area contributed by atoms with Crippen molar-refractivity contribution >= 4 is 11.5 Å². The van der Waals surface area contributed by atoms with Crippen LogP contribution in [0.15, 0.2) is 42.5 Å². The van der Waals surface area contributed by atoms with E-state index in [4.69, 9.17) is 5.73 Å². The zero-order chi connectivity index (χ0) is 12.4. The van der Waals surface area contributed by atoms with E-state index < -0.39 is 17.4 Å². The molecule has 2 N–H and O–H groups in total. The average molecular weight is 233 g/mol. The summed E-state index contributed by atoms with van der Waals surface area (Å²) < 4.78 is 26.3. The Kier molecular flexibility index (Phi) is 2.87. The van der Waals surface area contributed by atoms with E-state index in [1.807, 2.05) is 0 Å². The smallest absolute Gasteiger partial charge is 0.196 e.